The zero-order valence-electron chi connectivity index (χ0n) is 23.3. The molecule has 11 nitrogen and oxygen atoms in total. The first-order valence-electron chi connectivity index (χ1n) is 14.2. The number of nitrogens with one attached hydrogen (secondary N) is 1. The van der Waals surface area contributed by atoms with Gasteiger partial charge >= 0.3 is 0 Å². The van der Waals surface area contributed by atoms with Crippen LogP contribution in [0.25, 0.3) is 5.65 Å². The summed E-state index contributed by atoms with van der Waals surface area (Å²) in [6.07, 6.45) is 2.91. The molecule has 3 aliphatic rings. The second-order valence-corrected chi connectivity index (χ2v) is 13.4. The number of aliphatic hydroxyl groups is 1. The number of nitrogens with zero attached hydrogens (tertiary/aromatic N) is 6. The summed E-state index contributed by atoms with van der Waals surface area (Å²) in [5.41, 5.74) is 0.0712. The molecule has 1 amide bonds. The van der Waals surface area contributed by atoms with Crippen LogP contribution in [0.15, 0.2) is 36.4 Å². The summed E-state index contributed by atoms with van der Waals surface area (Å²) in [5, 5.41) is 14.8. The van der Waals surface area contributed by atoms with Crippen LogP contribution >= 0.6 is 0 Å². The molecule has 6 rings (SSSR count). The standard InChI is InChI=1S/C28H36FN7O4S/c1-28(19-8-10-20(29)11-9-19)27(38)35-13-4-3-7-23(35)22-15-25-30-24(34-17-21(37)18-34)16-26(36(25)31-22)33(2)12-5-6-14-41(39,40)32-28/h8-11,15-16,21,23,32,37H,3-7,12-14,17-18H2,1-2H3/t23-,28?/m0/s1. The Labute approximate surface area is 239 Å². The number of amides is 1. The van der Waals surface area contributed by atoms with Crippen LogP contribution in [0.4, 0.5) is 16.0 Å². The second-order valence-electron chi connectivity index (χ2n) is 11.6. The Morgan fingerprint density at radius 2 is 1.80 bits per heavy atom. The smallest absolute Gasteiger partial charge is 0.248 e. The molecule has 2 aromatic heterocycles. The molecule has 2 saturated heterocycles. The van der Waals surface area contributed by atoms with Crippen LogP contribution in [-0.4, -0.2) is 84.0 Å². The van der Waals surface area contributed by atoms with Crippen LogP contribution in [0.1, 0.15) is 56.3 Å². The van der Waals surface area contributed by atoms with Gasteiger partial charge in [-0.1, -0.05) is 12.1 Å². The molecule has 0 spiro atoms. The molecule has 1 aromatic carbocycles. The number of fused-ring (bicyclic) bond motifs is 3. The molecule has 3 aromatic rings. The average Bonchev–Trinajstić information content (AvgIpc) is 3.36. The molecule has 220 valence electrons. The van der Waals surface area contributed by atoms with E-state index >= 15 is 0 Å². The van der Waals surface area contributed by atoms with Gasteiger partial charge in [-0.3, -0.25) is 4.79 Å². The quantitative estimate of drug-likeness (QED) is 0.469. The number of aliphatic hydroxyl groups excluding tert-OH is 1. The minimum Gasteiger partial charge on any atom is -0.389 e. The second kappa shape index (κ2) is 10.5. The monoisotopic (exact) mass is 585 g/mol. The summed E-state index contributed by atoms with van der Waals surface area (Å²) in [6.45, 7) is 3.59. The van der Waals surface area contributed by atoms with Crippen LogP contribution in [0.3, 0.4) is 0 Å². The average molecular weight is 586 g/mol. The van der Waals surface area contributed by atoms with Crippen molar-refractivity contribution in [3.8, 4) is 0 Å². The number of hydrogen-bond acceptors (Lipinski definition) is 8. The molecule has 3 aliphatic heterocycles. The van der Waals surface area contributed by atoms with Crippen LogP contribution in [0.5, 0.6) is 0 Å². The van der Waals surface area contributed by atoms with Crippen molar-refractivity contribution in [2.24, 2.45) is 0 Å². The number of hydrogen-bond donors (Lipinski definition) is 2. The molecule has 0 saturated carbocycles. The fraction of sp³-hybridized carbons (Fsp3) is 0.536. The summed E-state index contributed by atoms with van der Waals surface area (Å²) in [7, 11) is -1.93. The Balaban J connectivity index is 1.47. The van der Waals surface area contributed by atoms with Crippen molar-refractivity contribution in [1.29, 1.82) is 0 Å². The van der Waals surface area contributed by atoms with E-state index in [1.807, 2.05) is 29.0 Å². The third-order valence-electron chi connectivity index (χ3n) is 8.46. The lowest BCUT2D eigenvalue weighted by atomic mass is 9.89. The van der Waals surface area contributed by atoms with E-state index in [1.54, 1.807) is 16.3 Å². The van der Waals surface area contributed by atoms with E-state index in [0.717, 1.165) is 24.5 Å². The van der Waals surface area contributed by atoms with Gasteiger partial charge in [0, 0.05) is 45.4 Å². The highest BCUT2D eigenvalue weighted by Crippen LogP contribution is 2.37. The van der Waals surface area contributed by atoms with Crippen molar-refractivity contribution >= 4 is 33.2 Å². The lowest BCUT2D eigenvalue weighted by molar-refractivity contribution is -0.141. The Morgan fingerprint density at radius 3 is 2.54 bits per heavy atom. The molecule has 5 heterocycles. The van der Waals surface area contributed by atoms with E-state index in [1.165, 1.54) is 24.3 Å². The molecular formula is C28H36FN7O4S. The maximum atomic E-state index is 14.4. The van der Waals surface area contributed by atoms with Crippen LogP contribution in [0.2, 0.25) is 0 Å². The molecule has 13 heteroatoms. The minimum atomic E-state index is -3.87. The number of sulfonamides is 1. The van der Waals surface area contributed by atoms with Crippen LogP contribution in [0, 0.1) is 5.82 Å². The fourth-order valence-corrected chi connectivity index (χ4v) is 7.61. The number of carbonyl (C=O) groups excluding carboxylic acids is 1. The van der Waals surface area contributed by atoms with Gasteiger partial charge in [-0.2, -0.15) is 14.3 Å². The highest BCUT2D eigenvalue weighted by molar-refractivity contribution is 7.89. The molecule has 2 fully saturated rings. The number of β-amino-alcohol motifs (C(OH)–C–C–N with tert-alkyl or cyclic N) is 1. The first-order valence-corrected chi connectivity index (χ1v) is 15.8. The zero-order valence-corrected chi connectivity index (χ0v) is 24.1. The minimum absolute atomic E-state index is 0.150. The highest BCUT2D eigenvalue weighted by atomic mass is 32.2. The maximum absolute atomic E-state index is 14.4. The van der Waals surface area contributed by atoms with Gasteiger partial charge < -0.3 is 19.8 Å². The van der Waals surface area contributed by atoms with Gasteiger partial charge in [0.05, 0.1) is 23.6 Å². The molecule has 0 radical (unpaired) electrons. The predicted molar refractivity (Wildman–Crippen MR) is 153 cm³/mol. The normalized spacial score (nSPS) is 26.0. The first kappa shape index (κ1) is 27.9. The van der Waals surface area contributed by atoms with Gasteiger partial charge in [0.25, 0.3) is 0 Å². The largest absolute Gasteiger partial charge is 0.389 e. The lowest BCUT2D eigenvalue weighted by Gasteiger charge is -2.41. The SMILES string of the molecule is CN1CCCCS(=O)(=O)NC(C)(c2ccc(F)cc2)C(=O)N2CCCC[C@H]2c2cc3nc(N4CC(O)C4)cc1n3n2. The predicted octanol–water partition coefficient (Wildman–Crippen LogP) is 2.17. The van der Waals surface area contributed by atoms with Gasteiger partial charge in [-0.25, -0.2) is 17.8 Å². The topological polar surface area (TPSA) is 123 Å². The Morgan fingerprint density at radius 1 is 1.07 bits per heavy atom. The van der Waals surface area contributed by atoms with Crippen molar-refractivity contribution in [2.75, 3.05) is 48.8 Å². The summed E-state index contributed by atoms with van der Waals surface area (Å²) in [5.74, 6) is 0.528. The molecular weight excluding hydrogens is 549 g/mol. The molecule has 2 N–H and O–H groups in total. The van der Waals surface area contributed by atoms with Crippen molar-refractivity contribution in [3.05, 3.63) is 53.5 Å². The Kier molecular flexibility index (Phi) is 7.15. The van der Waals surface area contributed by atoms with Crippen molar-refractivity contribution in [3.63, 3.8) is 0 Å². The van der Waals surface area contributed by atoms with Gasteiger partial charge in [-0.15, -0.1) is 0 Å². The van der Waals surface area contributed by atoms with Gasteiger partial charge in [0.2, 0.25) is 15.9 Å². The van der Waals surface area contributed by atoms with E-state index < -0.39 is 27.3 Å². The van der Waals surface area contributed by atoms with E-state index in [0.29, 0.717) is 62.3 Å². The third-order valence-corrected chi connectivity index (χ3v) is 10.0. The van der Waals surface area contributed by atoms with E-state index in [2.05, 4.69) is 4.72 Å². The molecule has 1 unspecified atom stereocenters. The number of halogens is 1. The highest BCUT2D eigenvalue weighted by Gasteiger charge is 2.45. The molecule has 41 heavy (non-hydrogen) atoms. The Bertz CT molecular complexity index is 1560. The number of piperidine rings is 1. The number of benzene rings is 1. The summed E-state index contributed by atoms with van der Waals surface area (Å²) in [4.78, 5) is 25.0. The summed E-state index contributed by atoms with van der Waals surface area (Å²) in [6, 6.07) is 8.87. The van der Waals surface area contributed by atoms with E-state index in [9.17, 15) is 22.7 Å². The van der Waals surface area contributed by atoms with Gasteiger partial charge in [0.15, 0.2) is 5.65 Å². The summed E-state index contributed by atoms with van der Waals surface area (Å²) >= 11 is 0. The van der Waals surface area contributed by atoms with Crippen molar-refractivity contribution < 1.29 is 22.7 Å². The number of anilines is 2. The van der Waals surface area contributed by atoms with E-state index in [-0.39, 0.29) is 17.9 Å². The lowest BCUT2D eigenvalue weighted by Crippen LogP contribution is -2.57. The summed E-state index contributed by atoms with van der Waals surface area (Å²) < 4.78 is 45.1. The van der Waals surface area contributed by atoms with Crippen LogP contribution < -0.4 is 14.5 Å². The number of carbonyl (C=O) groups is 1. The maximum Gasteiger partial charge on any atom is 0.248 e. The molecule has 2 atom stereocenters. The van der Waals surface area contributed by atoms with E-state index in [4.69, 9.17) is 10.1 Å². The fourth-order valence-electron chi connectivity index (χ4n) is 6.10. The molecule has 2 bridgehead atoms. The van der Waals surface area contributed by atoms with Crippen molar-refractivity contribution in [1.82, 2.24) is 24.2 Å². The zero-order chi connectivity index (χ0) is 28.9. The third kappa shape index (κ3) is 5.26. The first-order chi connectivity index (χ1) is 19.5. The number of aromatic nitrogens is 3. The van der Waals surface area contributed by atoms with Crippen molar-refractivity contribution in [2.45, 2.75) is 56.7 Å². The van der Waals surface area contributed by atoms with Gasteiger partial charge in [-0.05, 0) is 56.7 Å². The Hall–Kier alpha value is -3.29. The molecule has 0 aliphatic carbocycles. The number of rotatable bonds is 2. The van der Waals surface area contributed by atoms with Crippen LogP contribution in [-0.2, 0) is 20.4 Å². The van der Waals surface area contributed by atoms with Gasteiger partial charge in [0.1, 0.15) is 23.0 Å².